The van der Waals surface area contributed by atoms with Crippen LogP contribution in [0, 0.1) is 5.82 Å². The lowest BCUT2D eigenvalue weighted by atomic mass is 10.1. The number of carbonyl (C=O) groups excluding carboxylic acids is 1. The number of amides is 1. The van der Waals surface area contributed by atoms with Crippen LogP contribution < -0.4 is 15.7 Å². The molecule has 1 amide bonds. The molecule has 5 nitrogen and oxygen atoms in total. The molecule has 1 heterocycles. The molecule has 1 aromatic heterocycles. The molecule has 0 aliphatic carbocycles. The second-order valence-electron chi connectivity index (χ2n) is 5.11. The molecule has 1 N–H and O–H groups in total. The second kappa shape index (κ2) is 6.54. The van der Waals surface area contributed by atoms with Gasteiger partial charge in [0.05, 0.1) is 12.7 Å². The van der Waals surface area contributed by atoms with Crippen LogP contribution in [0.4, 0.5) is 4.39 Å². The van der Waals surface area contributed by atoms with E-state index >= 15 is 0 Å². The van der Waals surface area contributed by atoms with Gasteiger partial charge in [-0.3, -0.25) is 4.79 Å². The smallest absolute Gasteiger partial charge is 0.336 e. The average Bonchev–Trinajstić information content (AvgIpc) is 2.59. The summed E-state index contributed by atoms with van der Waals surface area (Å²) >= 11 is 0. The lowest BCUT2D eigenvalue weighted by Gasteiger charge is -2.10. The van der Waals surface area contributed by atoms with Crippen molar-refractivity contribution in [3.8, 4) is 5.75 Å². The minimum Gasteiger partial charge on any atom is -0.496 e. The van der Waals surface area contributed by atoms with Crippen LogP contribution in [0.1, 0.15) is 15.9 Å². The van der Waals surface area contributed by atoms with E-state index in [1.54, 1.807) is 24.3 Å². The Labute approximate surface area is 136 Å². The van der Waals surface area contributed by atoms with Gasteiger partial charge < -0.3 is 14.5 Å². The predicted molar refractivity (Wildman–Crippen MR) is 86.6 cm³/mol. The Balaban J connectivity index is 1.89. The number of benzene rings is 2. The van der Waals surface area contributed by atoms with Crippen molar-refractivity contribution in [3.63, 3.8) is 0 Å². The summed E-state index contributed by atoms with van der Waals surface area (Å²) in [6.45, 7) is 0.0580. The van der Waals surface area contributed by atoms with Gasteiger partial charge in [0.25, 0.3) is 5.91 Å². The molecule has 0 spiro atoms. The van der Waals surface area contributed by atoms with E-state index in [4.69, 9.17) is 9.15 Å². The molecule has 0 aliphatic rings. The number of para-hydroxylation sites is 1. The Bertz CT molecular complexity index is 965. The van der Waals surface area contributed by atoms with E-state index < -0.39 is 11.4 Å². The number of methoxy groups -OCH3 is 1. The third-order valence-corrected chi connectivity index (χ3v) is 3.58. The van der Waals surface area contributed by atoms with Crippen molar-refractivity contribution >= 4 is 16.9 Å². The van der Waals surface area contributed by atoms with Crippen molar-refractivity contribution in [3.05, 3.63) is 75.9 Å². The van der Waals surface area contributed by atoms with Crippen molar-refractivity contribution in [1.82, 2.24) is 5.32 Å². The maximum absolute atomic E-state index is 13.5. The van der Waals surface area contributed by atoms with Crippen LogP contribution in [0.15, 0.2) is 57.7 Å². The first kappa shape index (κ1) is 15.7. The maximum Gasteiger partial charge on any atom is 0.336 e. The first-order valence-electron chi connectivity index (χ1n) is 7.22. The molecule has 0 bridgehead atoms. The van der Waals surface area contributed by atoms with Crippen molar-refractivity contribution in [1.29, 1.82) is 0 Å². The van der Waals surface area contributed by atoms with Gasteiger partial charge in [0.15, 0.2) is 0 Å². The molecule has 3 rings (SSSR count). The average molecular weight is 327 g/mol. The number of ether oxygens (including phenoxy) is 1. The van der Waals surface area contributed by atoms with Crippen molar-refractivity contribution in [2.45, 2.75) is 6.54 Å². The van der Waals surface area contributed by atoms with Crippen molar-refractivity contribution in [2.75, 3.05) is 7.11 Å². The van der Waals surface area contributed by atoms with Gasteiger partial charge in [-0.25, -0.2) is 9.18 Å². The molecule has 0 unspecified atom stereocenters. The normalized spacial score (nSPS) is 10.6. The first-order valence-corrected chi connectivity index (χ1v) is 7.22. The maximum atomic E-state index is 13.5. The predicted octanol–water partition coefficient (Wildman–Crippen LogP) is 2.87. The Morgan fingerprint density at radius 1 is 1.21 bits per heavy atom. The van der Waals surface area contributed by atoms with E-state index in [2.05, 4.69) is 5.32 Å². The zero-order chi connectivity index (χ0) is 17.1. The van der Waals surface area contributed by atoms with Gasteiger partial charge in [0.2, 0.25) is 0 Å². The highest BCUT2D eigenvalue weighted by Crippen LogP contribution is 2.20. The number of hydrogen-bond acceptors (Lipinski definition) is 4. The summed E-state index contributed by atoms with van der Waals surface area (Å²) < 4.78 is 23.6. The van der Waals surface area contributed by atoms with Gasteiger partial charge >= 0.3 is 5.63 Å². The van der Waals surface area contributed by atoms with E-state index in [9.17, 15) is 14.0 Å². The number of nitrogens with one attached hydrogen (secondary N) is 1. The highest BCUT2D eigenvalue weighted by atomic mass is 19.1. The Morgan fingerprint density at radius 2 is 2.00 bits per heavy atom. The third-order valence-electron chi connectivity index (χ3n) is 3.58. The quantitative estimate of drug-likeness (QED) is 0.748. The largest absolute Gasteiger partial charge is 0.496 e. The van der Waals surface area contributed by atoms with E-state index in [-0.39, 0.29) is 18.0 Å². The van der Waals surface area contributed by atoms with Gasteiger partial charge in [-0.15, -0.1) is 0 Å². The van der Waals surface area contributed by atoms with Gasteiger partial charge in [-0.1, -0.05) is 12.1 Å². The number of rotatable bonds is 4. The second-order valence-corrected chi connectivity index (χ2v) is 5.11. The van der Waals surface area contributed by atoms with Crippen LogP contribution in [-0.4, -0.2) is 13.0 Å². The molecule has 6 heteroatoms. The molecule has 0 fully saturated rings. The summed E-state index contributed by atoms with van der Waals surface area (Å²) in [5, 5.41) is 3.15. The molecule has 0 aliphatic heterocycles. The highest BCUT2D eigenvalue weighted by molar-refractivity contribution is 5.97. The van der Waals surface area contributed by atoms with E-state index in [0.717, 1.165) is 0 Å². The molecular weight excluding hydrogens is 313 g/mol. The highest BCUT2D eigenvalue weighted by Gasteiger charge is 2.13. The summed E-state index contributed by atoms with van der Waals surface area (Å²) in [5.41, 5.74) is 0.559. The summed E-state index contributed by atoms with van der Waals surface area (Å²) in [6, 6.07) is 11.9. The lowest BCUT2D eigenvalue weighted by molar-refractivity contribution is 0.0948. The number of fused-ring (bicyclic) bond motifs is 1. The SMILES string of the molecule is COc1ccccc1C(=O)NCc1cc(=O)oc2ccc(F)cc12. The summed E-state index contributed by atoms with van der Waals surface area (Å²) in [4.78, 5) is 23.9. The van der Waals surface area contributed by atoms with E-state index in [1.807, 2.05) is 0 Å². The number of hydrogen-bond donors (Lipinski definition) is 1. The monoisotopic (exact) mass is 327 g/mol. The van der Waals surface area contributed by atoms with Gasteiger partial charge in [0, 0.05) is 18.0 Å². The molecule has 0 saturated carbocycles. The van der Waals surface area contributed by atoms with E-state index in [0.29, 0.717) is 22.3 Å². The fourth-order valence-electron chi connectivity index (χ4n) is 2.45. The summed E-state index contributed by atoms with van der Waals surface area (Å²) in [6.07, 6.45) is 0. The van der Waals surface area contributed by atoms with E-state index in [1.165, 1.54) is 31.4 Å². The molecule has 24 heavy (non-hydrogen) atoms. The molecule has 0 saturated heterocycles. The summed E-state index contributed by atoms with van der Waals surface area (Å²) in [5.74, 6) is -0.364. The van der Waals surface area contributed by atoms with Crippen molar-refractivity contribution < 1.29 is 18.3 Å². The number of carbonyl (C=O) groups is 1. The molecule has 122 valence electrons. The van der Waals surface area contributed by atoms with Crippen LogP contribution in [0.3, 0.4) is 0 Å². The van der Waals surface area contributed by atoms with Gasteiger partial charge in [-0.2, -0.15) is 0 Å². The summed E-state index contributed by atoms with van der Waals surface area (Å²) in [7, 11) is 1.48. The zero-order valence-electron chi connectivity index (χ0n) is 12.8. The molecule has 0 radical (unpaired) electrons. The molecule has 0 atom stereocenters. The third kappa shape index (κ3) is 3.12. The zero-order valence-corrected chi connectivity index (χ0v) is 12.8. The van der Waals surface area contributed by atoms with Crippen LogP contribution in [0.2, 0.25) is 0 Å². The minimum absolute atomic E-state index is 0.0580. The topological polar surface area (TPSA) is 68.5 Å². The Morgan fingerprint density at radius 3 is 2.79 bits per heavy atom. The fraction of sp³-hybridized carbons (Fsp3) is 0.111. The fourth-order valence-corrected chi connectivity index (χ4v) is 2.45. The van der Waals surface area contributed by atoms with Gasteiger partial charge in [-0.05, 0) is 35.9 Å². The van der Waals surface area contributed by atoms with Gasteiger partial charge in [0.1, 0.15) is 17.1 Å². The van der Waals surface area contributed by atoms with Crippen LogP contribution in [0.5, 0.6) is 5.75 Å². The van der Waals surface area contributed by atoms with Crippen LogP contribution >= 0.6 is 0 Å². The Hall–Kier alpha value is -3.15. The van der Waals surface area contributed by atoms with Crippen LogP contribution in [0.25, 0.3) is 11.0 Å². The first-order chi connectivity index (χ1) is 11.6. The standard InChI is InChI=1S/C18H14FNO4/c1-23-15-5-3-2-4-13(15)18(22)20-10-11-8-17(21)24-16-7-6-12(19)9-14(11)16/h2-9H,10H2,1H3,(H,20,22). The lowest BCUT2D eigenvalue weighted by Crippen LogP contribution is -2.24. The molecular formula is C18H14FNO4. The Kier molecular flexibility index (Phi) is 4.29. The number of halogens is 1. The molecule has 3 aromatic rings. The van der Waals surface area contributed by atoms with Crippen LogP contribution in [-0.2, 0) is 6.54 Å². The molecule has 2 aromatic carbocycles. The minimum atomic E-state index is -0.560. The van der Waals surface area contributed by atoms with Crippen molar-refractivity contribution in [2.24, 2.45) is 0 Å².